The first-order valence-electron chi connectivity index (χ1n) is 11.2. The van der Waals surface area contributed by atoms with Gasteiger partial charge in [0.2, 0.25) is 5.82 Å². The van der Waals surface area contributed by atoms with E-state index in [1.165, 1.54) is 0 Å². The molecule has 0 radical (unpaired) electrons. The summed E-state index contributed by atoms with van der Waals surface area (Å²) in [5, 5.41) is 25.3. The number of H-pyrrole nitrogens is 1. The normalized spacial score (nSPS) is 11.4. The van der Waals surface area contributed by atoms with Gasteiger partial charge in [-0.15, -0.1) is 10.2 Å². The molecule has 0 atom stereocenters. The van der Waals surface area contributed by atoms with Crippen molar-refractivity contribution in [3.8, 4) is 17.1 Å². The van der Waals surface area contributed by atoms with Gasteiger partial charge in [-0.1, -0.05) is 49.2 Å². The summed E-state index contributed by atoms with van der Waals surface area (Å²) in [6.07, 6.45) is 2.49. The Morgan fingerprint density at radius 1 is 1.17 bits per heavy atom. The van der Waals surface area contributed by atoms with Crippen molar-refractivity contribution in [3.63, 3.8) is 0 Å². The number of para-hydroxylation sites is 1. The Labute approximate surface area is 227 Å². The van der Waals surface area contributed by atoms with Gasteiger partial charge in [-0.2, -0.15) is 5.21 Å². The third kappa shape index (κ3) is 4.25. The van der Waals surface area contributed by atoms with Crippen molar-refractivity contribution in [1.82, 2.24) is 34.7 Å². The maximum Gasteiger partial charge on any atom is 0.355 e. The number of carboxylic acid groups (broad SMARTS) is 1. The summed E-state index contributed by atoms with van der Waals surface area (Å²) < 4.78 is 5.41. The zero-order chi connectivity index (χ0) is 25.4. The van der Waals surface area contributed by atoms with E-state index < -0.39 is 5.97 Å². The molecule has 0 amide bonds. The molecule has 2 N–H and O–H groups in total. The molecule has 0 saturated heterocycles. The van der Waals surface area contributed by atoms with E-state index >= 15 is 0 Å². The number of unbranched alkanes of at least 4 members (excludes halogenated alkanes) is 1. The minimum Gasteiger partial charge on any atom is -0.476 e. The molecule has 0 spiro atoms. The van der Waals surface area contributed by atoms with Crippen LogP contribution in [-0.2, 0) is 13.0 Å². The molecule has 3 heterocycles. The number of imidazole rings is 1. The summed E-state index contributed by atoms with van der Waals surface area (Å²) >= 11 is 13.8. The Hall–Kier alpha value is -3.02. The molecule has 0 unspecified atom stereocenters. The van der Waals surface area contributed by atoms with E-state index in [-0.39, 0.29) is 10.8 Å². The zero-order valence-corrected chi connectivity index (χ0v) is 23.0. The third-order valence-corrected chi connectivity index (χ3v) is 8.31. The van der Waals surface area contributed by atoms with Gasteiger partial charge in [0, 0.05) is 17.4 Å². The average Bonchev–Trinajstić information content (AvgIpc) is 3.56. The Bertz CT molecular complexity index is 1580. The number of nitrogens with zero attached hydrogens (tertiary/aromatic N) is 6. The molecule has 0 saturated carbocycles. The van der Waals surface area contributed by atoms with E-state index in [0.29, 0.717) is 24.6 Å². The summed E-state index contributed by atoms with van der Waals surface area (Å²) in [7, 11) is 0. The maximum absolute atomic E-state index is 12.1. The minimum absolute atomic E-state index is 0.00292. The first-order chi connectivity index (χ1) is 17.4. The SMILES string of the molecule is CCCCc1nc(Cl)c(C(=O)O)n1Cc1cccc2c1c(Br)c(Br)n2-c1ccccc1-c1nn[nH]n1. The number of aryl methyl sites for hydroxylation is 1. The van der Waals surface area contributed by atoms with Gasteiger partial charge in [-0.05, 0) is 67.3 Å². The molecule has 9 nitrogen and oxygen atoms in total. The standard InChI is InChI=1S/C24H20Br2ClN7O2/c1-2-3-11-17-28-22(27)20(24(35)36)33(17)12-13-7-6-10-16-18(13)19(25)21(26)34(16)15-9-5-4-8-14(15)23-29-31-32-30-23/h4-10H,2-3,11-12H2,1H3,(H,35,36)(H,29,30,31,32). The second-order valence-corrected chi connectivity index (χ2v) is 10.1. The van der Waals surface area contributed by atoms with Crippen LogP contribution in [0.25, 0.3) is 28.0 Å². The van der Waals surface area contributed by atoms with Crippen LogP contribution in [0.2, 0.25) is 5.15 Å². The highest BCUT2D eigenvalue weighted by atomic mass is 79.9. The van der Waals surface area contributed by atoms with Crippen LogP contribution in [0.1, 0.15) is 41.6 Å². The Morgan fingerprint density at radius 2 is 1.97 bits per heavy atom. The van der Waals surface area contributed by atoms with Gasteiger partial charge in [0.25, 0.3) is 0 Å². The van der Waals surface area contributed by atoms with Gasteiger partial charge in [0.05, 0.1) is 22.2 Å². The van der Waals surface area contributed by atoms with Gasteiger partial charge in [0.1, 0.15) is 10.4 Å². The number of tetrazole rings is 1. The monoisotopic (exact) mass is 631 g/mol. The fraction of sp³-hybridized carbons (Fsp3) is 0.208. The molecule has 0 bridgehead atoms. The van der Waals surface area contributed by atoms with Gasteiger partial charge < -0.3 is 14.2 Å². The number of aromatic amines is 1. The van der Waals surface area contributed by atoms with Crippen molar-refractivity contribution < 1.29 is 9.90 Å². The molecule has 3 aromatic heterocycles. The zero-order valence-electron chi connectivity index (χ0n) is 19.0. The molecule has 2 aromatic carbocycles. The summed E-state index contributed by atoms with van der Waals surface area (Å²) in [5.41, 5.74) is 3.50. The van der Waals surface area contributed by atoms with E-state index in [0.717, 1.165) is 49.6 Å². The first kappa shape index (κ1) is 24.7. The largest absolute Gasteiger partial charge is 0.476 e. The first-order valence-corrected chi connectivity index (χ1v) is 13.2. The third-order valence-electron chi connectivity index (χ3n) is 5.99. The van der Waals surface area contributed by atoms with E-state index in [1.54, 1.807) is 4.57 Å². The molecule has 0 aliphatic rings. The van der Waals surface area contributed by atoms with Crippen LogP contribution in [0.15, 0.2) is 51.5 Å². The summed E-state index contributed by atoms with van der Waals surface area (Å²) in [4.78, 5) is 16.4. The van der Waals surface area contributed by atoms with Crippen LogP contribution in [0.3, 0.4) is 0 Å². The predicted molar refractivity (Wildman–Crippen MR) is 144 cm³/mol. The summed E-state index contributed by atoms with van der Waals surface area (Å²) in [6.45, 7) is 2.39. The molecule has 5 rings (SSSR count). The van der Waals surface area contributed by atoms with E-state index in [4.69, 9.17) is 11.6 Å². The lowest BCUT2D eigenvalue weighted by atomic mass is 10.1. The van der Waals surface area contributed by atoms with E-state index in [1.807, 2.05) is 42.5 Å². The predicted octanol–water partition coefficient (Wildman–Crippen LogP) is 6.27. The number of halogens is 3. The van der Waals surface area contributed by atoms with Crippen LogP contribution >= 0.6 is 43.5 Å². The maximum atomic E-state index is 12.1. The highest BCUT2D eigenvalue weighted by Gasteiger charge is 2.24. The molecule has 0 aliphatic heterocycles. The number of hydrogen-bond acceptors (Lipinski definition) is 5. The second kappa shape index (κ2) is 10.2. The lowest BCUT2D eigenvalue weighted by molar-refractivity contribution is 0.0685. The van der Waals surface area contributed by atoms with Crippen LogP contribution in [0, 0.1) is 0 Å². The number of carbonyl (C=O) groups is 1. The number of aromatic carboxylic acids is 1. The van der Waals surface area contributed by atoms with Crippen molar-refractivity contribution >= 4 is 60.3 Å². The number of rotatable bonds is 8. The Balaban J connectivity index is 1.69. The van der Waals surface area contributed by atoms with Crippen molar-refractivity contribution in [2.75, 3.05) is 0 Å². The number of benzene rings is 2. The smallest absolute Gasteiger partial charge is 0.355 e. The van der Waals surface area contributed by atoms with Gasteiger partial charge in [-0.3, -0.25) is 0 Å². The topological polar surface area (TPSA) is 115 Å². The summed E-state index contributed by atoms with van der Waals surface area (Å²) in [5.74, 6) is 0.0361. The van der Waals surface area contributed by atoms with Gasteiger partial charge in [-0.25, -0.2) is 9.78 Å². The average molecular weight is 634 g/mol. The fourth-order valence-corrected chi connectivity index (χ4v) is 5.87. The number of nitrogens with one attached hydrogen (secondary N) is 1. The van der Waals surface area contributed by atoms with Crippen molar-refractivity contribution in [2.24, 2.45) is 0 Å². The van der Waals surface area contributed by atoms with Crippen LogP contribution in [0.5, 0.6) is 0 Å². The van der Waals surface area contributed by atoms with Gasteiger partial charge in [0.15, 0.2) is 10.8 Å². The number of hydrogen-bond donors (Lipinski definition) is 2. The van der Waals surface area contributed by atoms with Crippen LogP contribution in [-0.4, -0.2) is 45.8 Å². The molecular formula is C24H20Br2ClN7O2. The molecule has 184 valence electrons. The lowest BCUT2D eigenvalue weighted by Gasteiger charge is -2.13. The highest BCUT2D eigenvalue weighted by molar-refractivity contribution is 9.13. The summed E-state index contributed by atoms with van der Waals surface area (Å²) in [6, 6.07) is 13.7. The molecule has 36 heavy (non-hydrogen) atoms. The van der Waals surface area contributed by atoms with Gasteiger partial charge >= 0.3 is 5.97 Å². The van der Waals surface area contributed by atoms with E-state index in [2.05, 4.69) is 69.0 Å². The minimum atomic E-state index is -1.10. The lowest BCUT2D eigenvalue weighted by Crippen LogP contribution is -2.13. The van der Waals surface area contributed by atoms with Crippen LogP contribution < -0.4 is 0 Å². The number of aromatic nitrogens is 7. The number of fused-ring (bicyclic) bond motifs is 1. The molecule has 0 aliphatic carbocycles. The molecule has 5 aromatic rings. The Kier molecular flexibility index (Phi) is 6.96. The molecule has 12 heteroatoms. The van der Waals surface area contributed by atoms with Crippen LogP contribution in [0.4, 0.5) is 0 Å². The molecule has 0 fully saturated rings. The number of carboxylic acids is 1. The fourth-order valence-electron chi connectivity index (χ4n) is 4.37. The second-order valence-electron chi connectivity index (χ2n) is 8.17. The van der Waals surface area contributed by atoms with Crippen molar-refractivity contribution in [1.29, 1.82) is 0 Å². The quantitative estimate of drug-likeness (QED) is 0.208. The van der Waals surface area contributed by atoms with E-state index in [9.17, 15) is 9.90 Å². The Morgan fingerprint density at radius 3 is 2.69 bits per heavy atom. The molecular weight excluding hydrogens is 614 g/mol. The van der Waals surface area contributed by atoms with Crippen molar-refractivity contribution in [3.05, 3.63) is 73.8 Å². The highest BCUT2D eigenvalue weighted by Crippen LogP contribution is 2.41. The van der Waals surface area contributed by atoms with Crippen molar-refractivity contribution in [2.45, 2.75) is 32.7 Å².